The van der Waals surface area contributed by atoms with Crippen molar-refractivity contribution in [2.45, 2.75) is 19.8 Å². The molecular weight excluding hydrogens is 473 g/mol. The van der Waals surface area contributed by atoms with E-state index < -0.39 is 18.4 Å². The van der Waals surface area contributed by atoms with E-state index in [9.17, 15) is 8.68 Å². The molecule has 0 spiro atoms. The molecule has 0 amide bonds. The van der Waals surface area contributed by atoms with Crippen LogP contribution in [0.25, 0.3) is 27.8 Å². The maximum Gasteiger partial charge on any atom is 0.370 e. The second-order valence-electron chi connectivity index (χ2n) is 8.53. The Morgan fingerprint density at radius 3 is 2.28 bits per heavy atom. The van der Waals surface area contributed by atoms with Crippen molar-refractivity contribution in [1.29, 1.82) is 0 Å². The molecule has 0 atom stereocenters. The summed E-state index contributed by atoms with van der Waals surface area (Å²) in [6.07, 6.45) is 5.70. The van der Waals surface area contributed by atoms with Crippen LogP contribution in [0.3, 0.4) is 0 Å². The first kappa shape index (κ1) is 25.1. The van der Waals surface area contributed by atoms with Gasteiger partial charge in [-0.05, 0) is 58.7 Å². The molecule has 2 aromatic heterocycles. The van der Waals surface area contributed by atoms with Crippen molar-refractivity contribution in [2.75, 3.05) is 0 Å². The largest absolute Gasteiger partial charge is 0.370 e. The van der Waals surface area contributed by atoms with E-state index in [4.69, 9.17) is 0 Å². The fraction of sp³-hybridized carbons (Fsp3) is 0.138. The van der Waals surface area contributed by atoms with Crippen LogP contribution in [0.2, 0.25) is 0 Å². The van der Waals surface area contributed by atoms with E-state index >= 15 is 0 Å². The zero-order chi connectivity index (χ0) is 25.5. The highest BCUT2D eigenvalue weighted by molar-refractivity contribution is 7.89. The van der Waals surface area contributed by atoms with Crippen LogP contribution < -0.4 is 4.57 Å². The van der Waals surface area contributed by atoms with Gasteiger partial charge in [0.15, 0.2) is 0 Å². The third-order valence-corrected chi connectivity index (χ3v) is 6.01. The number of pyridine rings is 1. The summed E-state index contributed by atoms with van der Waals surface area (Å²) in [7, 11) is 2.12. The Balaban J connectivity index is 0.000000233. The number of aryl methyl sites for hydroxylation is 1. The van der Waals surface area contributed by atoms with Crippen LogP contribution in [0.15, 0.2) is 104 Å². The van der Waals surface area contributed by atoms with Crippen LogP contribution in [0.4, 0.5) is 3.89 Å². The lowest BCUT2D eigenvalue weighted by molar-refractivity contribution is -0.659. The Kier molecular flexibility index (Phi) is 8.13. The molecule has 36 heavy (non-hydrogen) atoms. The summed E-state index contributed by atoms with van der Waals surface area (Å²) in [6.45, 7) is 4.53. The number of hydrogen-bond donors (Lipinski definition) is 0. The van der Waals surface area contributed by atoms with Gasteiger partial charge in [-0.2, -0.15) is 4.57 Å². The molecular formula is C29H27FN3O2S+. The number of aromatic nitrogens is 3. The van der Waals surface area contributed by atoms with E-state index in [1.807, 2.05) is 0 Å². The van der Waals surface area contributed by atoms with Gasteiger partial charge >= 0.3 is 5.97 Å². The van der Waals surface area contributed by atoms with Gasteiger partial charge in [0.2, 0.25) is 0 Å². The predicted octanol–water partition coefficient (Wildman–Crippen LogP) is 7.02. The first-order valence-corrected chi connectivity index (χ1v) is 12.2. The van der Waals surface area contributed by atoms with Gasteiger partial charge in [-0.1, -0.05) is 62.4 Å². The third kappa shape index (κ3) is 5.63. The highest BCUT2D eigenvalue weighted by atomic mass is 32.2. The van der Waals surface area contributed by atoms with Gasteiger partial charge in [-0.3, -0.25) is 0 Å². The molecule has 2 heterocycles. The summed E-state index contributed by atoms with van der Waals surface area (Å²) >= 11 is -0.485. The number of carbonyl (C=O) groups excluding carboxylic acids is 1. The summed E-state index contributed by atoms with van der Waals surface area (Å²) in [5.74, 6) is 0.887. The second-order valence-corrected chi connectivity index (χ2v) is 8.82. The van der Waals surface area contributed by atoms with Gasteiger partial charge in [-0.15, -0.1) is 3.89 Å². The molecule has 0 bridgehead atoms. The minimum atomic E-state index is -0.780. The van der Waals surface area contributed by atoms with Gasteiger partial charge < -0.3 is 4.18 Å². The van der Waals surface area contributed by atoms with Crippen molar-refractivity contribution < 1.29 is 17.4 Å². The molecule has 5 rings (SSSR count). The zero-order valence-corrected chi connectivity index (χ0v) is 21.2. The van der Waals surface area contributed by atoms with E-state index in [-0.39, 0.29) is 5.69 Å². The molecule has 5 nitrogen and oxygen atoms in total. The average Bonchev–Trinajstić information content (AvgIpc) is 3.30. The monoisotopic (exact) mass is 500 g/mol. The number of rotatable bonds is 5. The highest BCUT2D eigenvalue weighted by Gasteiger charge is 2.23. The van der Waals surface area contributed by atoms with Crippen molar-refractivity contribution in [3.63, 3.8) is 0 Å². The summed E-state index contributed by atoms with van der Waals surface area (Å²) in [5.41, 5.74) is 3.95. The summed E-state index contributed by atoms with van der Waals surface area (Å²) in [5, 5.41) is 2.58. The van der Waals surface area contributed by atoms with E-state index in [0.29, 0.717) is 5.92 Å². The number of nitrogens with zero attached hydrogens (tertiary/aromatic N) is 3. The molecule has 0 aliphatic carbocycles. The van der Waals surface area contributed by atoms with Gasteiger partial charge in [0, 0.05) is 6.20 Å². The number of imidazole rings is 1. The molecule has 0 aliphatic heterocycles. The molecule has 0 N–H and O–H groups in total. The molecule has 7 heteroatoms. The lowest BCUT2D eigenvalue weighted by atomic mass is 9.93. The van der Waals surface area contributed by atoms with E-state index in [2.05, 4.69) is 118 Å². The first-order chi connectivity index (χ1) is 17.5. The minimum Gasteiger partial charge on any atom is -0.355 e. The van der Waals surface area contributed by atoms with Crippen molar-refractivity contribution in [3.05, 3.63) is 115 Å². The Labute approximate surface area is 214 Å². The topological polar surface area (TPSA) is 48.0 Å². The van der Waals surface area contributed by atoms with Gasteiger partial charge in [0.1, 0.15) is 23.8 Å². The minimum absolute atomic E-state index is 0.0950. The number of para-hydroxylation sites is 1. The fourth-order valence-electron chi connectivity index (χ4n) is 4.08. The van der Waals surface area contributed by atoms with Gasteiger partial charge in [0.05, 0.1) is 12.6 Å². The smallest absolute Gasteiger partial charge is 0.355 e. The van der Waals surface area contributed by atoms with Crippen molar-refractivity contribution in [1.82, 2.24) is 9.55 Å². The van der Waals surface area contributed by atoms with Gasteiger partial charge in [-0.25, -0.2) is 14.3 Å². The zero-order valence-electron chi connectivity index (χ0n) is 20.3. The molecule has 0 aliphatic rings. The van der Waals surface area contributed by atoms with Crippen molar-refractivity contribution >= 4 is 29.2 Å². The maximum atomic E-state index is 11.4. The van der Waals surface area contributed by atoms with Crippen LogP contribution in [-0.4, -0.2) is 15.5 Å². The Bertz CT molecular complexity index is 1450. The summed E-state index contributed by atoms with van der Waals surface area (Å²) in [6, 6.07) is 28.5. The Hall–Kier alpha value is -3.97. The molecule has 0 saturated carbocycles. The maximum absolute atomic E-state index is 11.4. The Morgan fingerprint density at radius 1 is 0.972 bits per heavy atom. The SMILES string of the molecule is CC(C)c1cc2ccccc2cc1-c1n(-c2ccccc2)cc[n+]1C.O=C(OSF)c1ccccn1. The van der Waals surface area contributed by atoms with E-state index in [0.717, 1.165) is 0 Å². The number of hydrogen-bond acceptors (Lipinski definition) is 4. The number of halogens is 1. The van der Waals surface area contributed by atoms with E-state index in [1.54, 1.807) is 12.1 Å². The van der Waals surface area contributed by atoms with Crippen LogP contribution in [0.5, 0.6) is 0 Å². The molecule has 0 saturated heterocycles. The number of fused-ring (bicyclic) bond motifs is 1. The Morgan fingerprint density at radius 2 is 1.64 bits per heavy atom. The van der Waals surface area contributed by atoms with Crippen molar-refractivity contribution in [2.24, 2.45) is 7.05 Å². The van der Waals surface area contributed by atoms with E-state index in [1.165, 1.54) is 45.7 Å². The van der Waals surface area contributed by atoms with Crippen LogP contribution in [0, 0.1) is 0 Å². The fourth-order valence-corrected chi connectivity index (χ4v) is 4.22. The van der Waals surface area contributed by atoms with Crippen LogP contribution >= 0.6 is 12.4 Å². The molecule has 182 valence electrons. The number of benzene rings is 3. The quantitative estimate of drug-likeness (QED) is 0.192. The normalized spacial score (nSPS) is 10.7. The standard InChI is InChI=1S/C23H23N2.C6H4FNO2S/c1-17(2)21-15-18-9-7-8-10-19(18)16-22(21)23-24(3)13-14-25(23)20-11-5-4-6-12-20;7-11-10-6(9)5-3-1-2-4-8-5/h4-17H,1-3H3;1-4H/q+1;. The second kappa shape index (κ2) is 11.6. The average molecular weight is 501 g/mol. The predicted molar refractivity (Wildman–Crippen MR) is 142 cm³/mol. The molecule has 3 aromatic carbocycles. The number of carbonyl (C=O) groups is 1. The summed E-state index contributed by atoms with van der Waals surface area (Å²) in [4.78, 5) is 14.3. The van der Waals surface area contributed by atoms with Gasteiger partial charge in [0.25, 0.3) is 18.3 Å². The third-order valence-electron chi connectivity index (χ3n) is 5.80. The first-order valence-electron chi connectivity index (χ1n) is 11.6. The van der Waals surface area contributed by atoms with Crippen LogP contribution in [0.1, 0.15) is 35.8 Å². The molecule has 5 aromatic rings. The molecule has 0 radical (unpaired) electrons. The highest BCUT2D eigenvalue weighted by Crippen LogP contribution is 2.33. The summed E-state index contributed by atoms with van der Waals surface area (Å²) < 4.78 is 19.8. The van der Waals surface area contributed by atoms with Crippen LogP contribution in [-0.2, 0) is 11.2 Å². The molecule has 0 fully saturated rings. The lowest BCUT2D eigenvalue weighted by Crippen LogP contribution is -2.29. The lowest BCUT2D eigenvalue weighted by Gasteiger charge is -2.14. The molecule has 0 unspecified atom stereocenters. The van der Waals surface area contributed by atoms with Crippen molar-refractivity contribution in [3.8, 4) is 17.1 Å².